The summed E-state index contributed by atoms with van der Waals surface area (Å²) in [6, 6.07) is 8.24. The highest BCUT2D eigenvalue weighted by Crippen LogP contribution is 2.19. The maximum atomic E-state index is 11.3. The third-order valence-corrected chi connectivity index (χ3v) is 3.84. The summed E-state index contributed by atoms with van der Waals surface area (Å²) in [6.45, 7) is 6.48. The van der Waals surface area contributed by atoms with Crippen molar-refractivity contribution in [1.82, 2.24) is 9.78 Å². The van der Waals surface area contributed by atoms with Crippen molar-refractivity contribution in [3.05, 3.63) is 47.3 Å². The monoisotopic (exact) mass is 300 g/mol. The van der Waals surface area contributed by atoms with E-state index in [0.717, 1.165) is 24.9 Å². The van der Waals surface area contributed by atoms with E-state index in [1.165, 1.54) is 16.8 Å². The summed E-state index contributed by atoms with van der Waals surface area (Å²) in [4.78, 5) is 11.3. The van der Waals surface area contributed by atoms with E-state index in [9.17, 15) is 4.79 Å². The zero-order valence-electron chi connectivity index (χ0n) is 13.6. The minimum Gasteiger partial charge on any atom is -0.466 e. The molecular weight excluding hydrogens is 276 g/mol. The minimum absolute atomic E-state index is 0.102. The number of hydrogen-bond donors (Lipinski definition) is 0. The first-order chi connectivity index (χ1) is 10.6. The van der Waals surface area contributed by atoms with Gasteiger partial charge in [-0.3, -0.25) is 4.79 Å². The van der Waals surface area contributed by atoms with Gasteiger partial charge in [-0.05, 0) is 57.2 Å². The van der Waals surface area contributed by atoms with Gasteiger partial charge in [-0.25, -0.2) is 4.68 Å². The van der Waals surface area contributed by atoms with Crippen LogP contribution in [0, 0.1) is 13.8 Å². The van der Waals surface area contributed by atoms with Gasteiger partial charge in [0, 0.05) is 12.1 Å². The summed E-state index contributed by atoms with van der Waals surface area (Å²) in [5, 5.41) is 4.52. The van der Waals surface area contributed by atoms with E-state index >= 15 is 0 Å². The molecule has 0 radical (unpaired) electrons. The zero-order valence-corrected chi connectivity index (χ0v) is 13.6. The molecule has 0 aliphatic carbocycles. The average molecular weight is 300 g/mol. The molecule has 0 amide bonds. The number of hydrogen-bond acceptors (Lipinski definition) is 3. The Labute approximate surface area is 132 Å². The van der Waals surface area contributed by atoms with Crippen LogP contribution < -0.4 is 0 Å². The van der Waals surface area contributed by atoms with Crippen LogP contribution in [-0.4, -0.2) is 22.4 Å². The van der Waals surface area contributed by atoms with Gasteiger partial charge in [-0.1, -0.05) is 18.2 Å². The first kappa shape index (κ1) is 16.3. The van der Waals surface area contributed by atoms with Crippen molar-refractivity contribution in [3.8, 4) is 5.69 Å². The quantitative estimate of drug-likeness (QED) is 0.577. The molecule has 0 saturated carbocycles. The van der Waals surface area contributed by atoms with Crippen molar-refractivity contribution >= 4 is 5.97 Å². The summed E-state index contributed by atoms with van der Waals surface area (Å²) in [7, 11) is 0. The molecule has 0 fully saturated rings. The molecule has 0 spiro atoms. The molecule has 118 valence electrons. The van der Waals surface area contributed by atoms with E-state index in [2.05, 4.69) is 31.1 Å². The van der Waals surface area contributed by atoms with Crippen LogP contribution in [0.3, 0.4) is 0 Å². The largest absolute Gasteiger partial charge is 0.466 e. The fourth-order valence-electron chi connectivity index (χ4n) is 2.55. The standard InChI is InChI=1S/C18H24N2O2/c1-4-22-18(21)12-8-6-10-16-13-19-20(15(16)3)17-11-7-5-9-14(17)2/h5,7,9,11,13H,4,6,8,10,12H2,1-3H3. The summed E-state index contributed by atoms with van der Waals surface area (Å²) in [5.74, 6) is -0.102. The highest BCUT2D eigenvalue weighted by molar-refractivity contribution is 5.69. The Morgan fingerprint density at radius 3 is 2.73 bits per heavy atom. The normalized spacial score (nSPS) is 10.7. The molecule has 1 heterocycles. The molecule has 4 heteroatoms. The lowest BCUT2D eigenvalue weighted by Gasteiger charge is -2.08. The van der Waals surface area contributed by atoms with Gasteiger partial charge in [0.15, 0.2) is 0 Å². The number of esters is 1. The Morgan fingerprint density at radius 1 is 1.23 bits per heavy atom. The molecule has 0 N–H and O–H groups in total. The van der Waals surface area contributed by atoms with Gasteiger partial charge in [0.2, 0.25) is 0 Å². The summed E-state index contributed by atoms with van der Waals surface area (Å²) >= 11 is 0. The van der Waals surface area contributed by atoms with Gasteiger partial charge in [-0.2, -0.15) is 5.10 Å². The summed E-state index contributed by atoms with van der Waals surface area (Å²) in [6.07, 6.45) is 5.20. The molecule has 1 aromatic carbocycles. The molecular formula is C18H24N2O2. The van der Waals surface area contributed by atoms with Gasteiger partial charge < -0.3 is 4.74 Å². The second-order valence-corrected chi connectivity index (χ2v) is 5.47. The first-order valence-electron chi connectivity index (χ1n) is 7.88. The number of unbranched alkanes of at least 4 members (excludes halogenated alkanes) is 1. The first-order valence-corrected chi connectivity index (χ1v) is 7.88. The number of carbonyl (C=O) groups excluding carboxylic acids is 1. The van der Waals surface area contributed by atoms with Gasteiger partial charge in [0.25, 0.3) is 0 Å². The van der Waals surface area contributed by atoms with E-state index < -0.39 is 0 Å². The van der Waals surface area contributed by atoms with E-state index in [1.807, 2.05) is 29.9 Å². The Balaban J connectivity index is 1.94. The Hall–Kier alpha value is -2.10. The number of para-hydroxylation sites is 1. The van der Waals surface area contributed by atoms with Gasteiger partial charge in [-0.15, -0.1) is 0 Å². The van der Waals surface area contributed by atoms with Crippen molar-refractivity contribution in [2.45, 2.75) is 46.5 Å². The van der Waals surface area contributed by atoms with Crippen LogP contribution in [0.2, 0.25) is 0 Å². The van der Waals surface area contributed by atoms with E-state index in [-0.39, 0.29) is 5.97 Å². The fraction of sp³-hybridized carbons (Fsp3) is 0.444. The lowest BCUT2D eigenvalue weighted by Crippen LogP contribution is -2.04. The molecule has 2 rings (SSSR count). The van der Waals surface area contributed by atoms with Crippen LogP contribution in [0.1, 0.15) is 43.0 Å². The molecule has 0 aliphatic heterocycles. The van der Waals surface area contributed by atoms with Crippen LogP contribution in [0.5, 0.6) is 0 Å². The second kappa shape index (κ2) is 7.78. The lowest BCUT2D eigenvalue weighted by molar-refractivity contribution is -0.143. The van der Waals surface area contributed by atoms with Gasteiger partial charge in [0.1, 0.15) is 0 Å². The van der Waals surface area contributed by atoms with Gasteiger partial charge >= 0.3 is 5.97 Å². The Morgan fingerprint density at radius 2 is 2.00 bits per heavy atom. The van der Waals surface area contributed by atoms with Crippen LogP contribution >= 0.6 is 0 Å². The minimum atomic E-state index is -0.102. The van der Waals surface area contributed by atoms with Gasteiger partial charge in [0.05, 0.1) is 18.5 Å². The number of aromatic nitrogens is 2. The lowest BCUT2D eigenvalue weighted by atomic mass is 10.1. The van der Waals surface area contributed by atoms with Crippen LogP contribution in [-0.2, 0) is 16.0 Å². The van der Waals surface area contributed by atoms with Crippen LogP contribution in [0.4, 0.5) is 0 Å². The van der Waals surface area contributed by atoms with Crippen LogP contribution in [0.25, 0.3) is 5.69 Å². The van der Waals surface area contributed by atoms with E-state index in [0.29, 0.717) is 13.0 Å². The molecule has 1 aromatic heterocycles. The number of benzene rings is 1. The molecule has 0 atom stereocenters. The summed E-state index contributed by atoms with van der Waals surface area (Å²) in [5.41, 5.74) is 4.75. The van der Waals surface area contributed by atoms with E-state index in [4.69, 9.17) is 4.74 Å². The molecule has 0 saturated heterocycles. The van der Waals surface area contributed by atoms with Crippen molar-refractivity contribution < 1.29 is 9.53 Å². The number of carbonyl (C=O) groups is 1. The number of ether oxygens (including phenoxy) is 1. The summed E-state index contributed by atoms with van der Waals surface area (Å²) < 4.78 is 6.93. The topological polar surface area (TPSA) is 44.1 Å². The van der Waals surface area contributed by atoms with Crippen molar-refractivity contribution in [3.63, 3.8) is 0 Å². The Bertz CT molecular complexity index is 632. The van der Waals surface area contributed by atoms with Crippen molar-refractivity contribution in [2.24, 2.45) is 0 Å². The maximum absolute atomic E-state index is 11.3. The SMILES string of the molecule is CCOC(=O)CCCCc1cnn(-c2ccccc2C)c1C. The fourth-order valence-corrected chi connectivity index (χ4v) is 2.55. The third-order valence-electron chi connectivity index (χ3n) is 3.84. The number of rotatable bonds is 7. The smallest absolute Gasteiger partial charge is 0.305 e. The second-order valence-electron chi connectivity index (χ2n) is 5.47. The van der Waals surface area contributed by atoms with E-state index in [1.54, 1.807) is 0 Å². The van der Waals surface area contributed by atoms with Crippen LogP contribution in [0.15, 0.2) is 30.5 Å². The molecule has 22 heavy (non-hydrogen) atoms. The molecule has 0 unspecified atom stereocenters. The molecule has 4 nitrogen and oxygen atoms in total. The highest BCUT2D eigenvalue weighted by atomic mass is 16.5. The van der Waals surface area contributed by atoms with Crippen molar-refractivity contribution in [2.75, 3.05) is 6.61 Å². The zero-order chi connectivity index (χ0) is 15.9. The van der Waals surface area contributed by atoms with Crippen molar-refractivity contribution in [1.29, 1.82) is 0 Å². The number of nitrogens with zero attached hydrogens (tertiary/aromatic N) is 2. The predicted octanol–water partition coefficient (Wildman–Crippen LogP) is 3.77. The third kappa shape index (κ3) is 3.97. The maximum Gasteiger partial charge on any atom is 0.305 e. The average Bonchev–Trinajstić information content (AvgIpc) is 2.86. The molecule has 0 bridgehead atoms. The Kier molecular flexibility index (Phi) is 5.75. The molecule has 2 aromatic rings. The number of aryl methyl sites for hydroxylation is 2. The highest BCUT2D eigenvalue weighted by Gasteiger charge is 2.10. The molecule has 0 aliphatic rings. The predicted molar refractivity (Wildman–Crippen MR) is 87.2 cm³/mol.